The monoisotopic (exact) mass is 353 g/mol. The van der Waals surface area contributed by atoms with Gasteiger partial charge >= 0.3 is 0 Å². The third-order valence-electron chi connectivity index (χ3n) is 2.73. The molecule has 2 aromatic heterocycles. The average molecular weight is 355 g/mol. The molecule has 0 aliphatic carbocycles. The van der Waals surface area contributed by atoms with Crippen molar-refractivity contribution >= 4 is 38.9 Å². The van der Waals surface area contributed by atoms with Crippen molar-refractivity contribution in [3.8, 4) is 11.4 Å². The lowest BCUT2D eigenvalue weighted by Gasteiger charge is -2.07. The van der Waals surface area contributed by atoms with Gasteiger partial charge in [-0.1, -0.05) is 30.3 Å². The van der Waals surface area contributed by atoms with Crippen LogP contribution >= 0.6 is 38.9 Å². The number of hydrogen-bond acceptors (Lipinski definition) is 3. The van der Waals surface area contributed by atoms with Gasteiger partial charge in [0.05, 0.1) is 6.54 Å². The van der Waals surface area contributed by atoms with Crippen LogP contribution in [0.3, 0.4) is 0 Å². The van der Waals surface area contributed by atoms with E-state index >= 15 is 0 Å². The standard InChI is InChI=1S/C13H9BrClN3S/c14-10-6-7-19-11(10)8-18-12(16-17-13(18)15)9-4-2-1-3-5-9/h1-7H,8H2. The molecule has 0 aliphatic rings. The van der Waals surface area contributed by atoms with E-state index in [0.29, 0.717) is 11.8 Å². The lowest BCUT2D eigenvalue weighted by Crippen LogP contribution is -2.01. The predicted octanol–water partition coefficient (Wildman–Crippen LogP) is 4.47. The number of benzene rings is 1. The summed E-state index contributed by atoms with van der Waals surface area (Å²) >= 11 is 11.4. The summed E-state index contributed by atoms with van der Waals surface area (Å²) in [7, 11) is 0. The molecule has 6 heteroatoms. The van der Waals surface area contributed by atoms with Crippen molar-refractivity contribution in [2.45, 2.75) is 6.54 Å². The molecule has 3 rings (SSSR count). The average Bonchev–Trinajstić information content (AvgIpc) is 2.99. The summed E-state index contributed by atoms with van der Waals surface area (Å²) in [4.78, 5) is 1.19. The van der Waals surface area contributed by atoms with E-state index < -0.39 is 0 Å². The Kier molecular flexibility index (Phi) is 3.68. The van der Waals surface area contributed by atoms with Crippen LogP contribution in [-0.4, -0.2) is 14.8 Å². The van der Waals surface area contributed by atoms with Crippen LogP contribution in [0.15, 0.2) is 46.3 Å². The minimum absolute atomic E-state index is 0.402. The second kappa shape index (κ2) is 5.45. The predicted molar refractivity (Wildman–Crippen MR) is 81.6 cm³/mol. The number of thiophene rings is 1. The van der Waals surface area contributed by atoms with Gasteiger partial charge in [-0.05, 0) is 39.0 Å². The molecule has 0 atom stereocenters. The third-order valence-corrected chi connectivity index (χ3v) is 4.92. The molecule has 3 aromatic rings. The van der Waals surface area contributed by atoms with E-state index in [9.17, 15) is 0 Å². The largest absolute Gasteiger partial charge is 0.292 e. The lowest BCUT2D eigenvalue weighted by molar-refractivity contribution is 0.814. The van der Waals surface area contributed by atoms with Crippen LogP contribution < -0.4 is 0 Å². The fraction of sp³-hybridized carbons (Fsp3) is 0.0769. The molecule has 19 heavy (non-hydrogen) atoms. The Hall–Kier alpha value is -1.17. The molecular formula is C13H9BrClN3S. The van der Waals surface area contributed by atoms with Crippen molar-refractivity contribution < 1.29 is 0 Å². The first-order chi connectivity index (χ1) is 9.25. The Balaban J connectivity index is 2.02. The zero-order valence-electron chi connectivity index (χ0n) is 9.75. The van der Waals surface area contributed by atoms with Crippen LogP contribution in [0.25, 0.3) is 11.4 Å². The number of hydrogen-bond donors (Lipinski definition) is 0. The van der Waals surface area contributed by atoms with E-state index in [0.717, 1.165) is 15.9 Å². The fourth-order valence-corrected chi connectivity index (χ4v) is 3.45. The van der Waals surface area contributed by atoms with Crippen molar-refractivity contribution in [2.24, 2.45) is 0 Å². The maximum atomic E-state index is 6.14. The van der Waals surface area contributed by atoms with E-state index in [1.807, 2.05) is 46.3 Å². The molecule has 0 radical (unpaired) electrons. The van der Waals surface area contributed by atoms with Gasteiger partial charge in [-0.2, -0.15) is 0 Å². The van der Waals surface area contributed by atoms with Gasteiger partial charge in [-0.3, -0.25) is 4.57 Å². The number of nitrogens with zero attached hydrogens (tertiary/aromatic N) is 3. The topological polar surface area (TPSA) is 30.7 Å². The molecule has 0 fully saturated rings. The summed E-state index contributed by atoms with van der Waals surface area (Å²) in [5.74, 6) is 0.783. The third kappa shape index (κ3) is 2.59. The van der Waals surface area contributed by atoms with Crippen LogP contribution in [0.1, 0.15) is 4.88 Å². The lowest BCUT2D eigenvalue weighted by atomic mass is 10.2. The molecular weight excluding hydrogens is 346 g/mol. The van der Waals surface area contributed by atoms with Crippen LogP contribution in [0.4, 0.5) is 0 Å². The van der Waals surface area contributed by atoms with Crippen molar-refractivity contribution in [1.82, 2.24) is 14.8 Å². The van der Waals surface area contributed by atoms with Gasteiger partial charge in [0.25, 0.3) is 0 Å². The van der Waals surface area contributed by atoms with Gasteiger partial charge in [0.1, 0.15) is 0 Å². The second-order valence-electron chi connectivity index (χ2n) is 3.94. The summed E-state index contributed by atoms with van der Waals surface area (Å²) in [6, 6.07) is 12.0. The van der Waals surface area contributed by atoms with Crippen molar-refractivity contribution in [2.75, 3.05) is 0 Å². The highest BCUT2D eigenvalue weighted by Crippen LogP contribution is 2.27. The molecule has 0 spiro atoms. The summed E-state index contributed by atoms with van der Waals surface area (Å²) in [6.45, 7) is 0.661. The Morgan fingerprint density at radius 3 is 2.63 bits per heavy atom. The zero-order valence-corrected chi connectivity index (χ0v) is 12.9. The van der Waals surface area contributed by atoms with Gasteiger partial charge in [0, 0.05) is 14.9 Å². The van der Waals surface area contributed by atoms with E-state index in [1.165, 1.54) is 4.88 Å². The van der Waals surface area contributed by atoms with E-state index in [2.05, 4.69) is 26.1 Å². The van der Waals surface area contributed by atoms with Gasteiger partial charge < -0.3 is 0 Å². The van der Waals surface area contributed by atoms with Crippen molar-refractivity contribution in [1.29, 1.82) is 0 Å². The molecule has 0 unspecified atom stereocenters. The minimum Gasteiger partial charge on any atom is -0.292 e. The Bertz CT molecular complexity index is 693. The van der Waals surface area contributed by atoms with Crippen LogP contribution in [0.2, 0.25) is 5.28 Å². The molecule has 96 valence electrons. The maximum Gasteiger partial charge on any atom is 0.225 e. The molecule has 0 saturated carbocycles. The normalized spacial score (nSPS) is 10.8. The molecule has 0 saturated heterocycles. The molecule has 0 amide bonds. The van der Waals surface area contributed by atoms with E-state index in [4.69, 9.17) is 11.6 Å². The minimum atomic E-state index is 0.402. The molecule has 0 bridgehead atoms. The second-order valence-corrected chi connectivity index (χ2v) is 6.13. The summed E-state index contributed by atoms with van der Waals surface area (Å²) < 4.78 is 2.99. The Morgan fingerprint density at radius 1 is 1.16 bits per heavy atom. The molecule has 2 heterocycles. The SMILES string of the molecule is Clc1nnc(-c2ccccc2)n1Cc1sccc1Br. The van der Waals surface area contributed by atoms with Gasteiger partial charge in [-0.25, -0.2) is 0 Å². The van der Waals surface area contributed by atoms with Crippen LogP contribution in [0, 0.1) is 0 Å². The molecule has 3 nitrogen and oxygen atoms in total. The summed E-state index contributed by atoms with van der Waals surface area (Å²) in [5.41, 5.74) is 1.01. The van der Waals surface area contributed by atoms with Gasteiger partial charge in [-0.15, -0.1) is 21.5 Å². The first-order valence-corrected chi connectivity index (χ1v) is 7.67. The first-order valence-electron chi connectivity index (χ1n) is 5.61. The Morgan fingerprint density at radius 2 is 1.95 bits per heavy atom. The summed E-state index contributed by atoms with van der Waals surface area (Å²) in [5, 5.41) is 10.6. The zero-order chi connectivity index (χ0) is 13.2. The molecule has 0 aliphatic heterocycles. The quantitative estimate of drug-likeness (QED) is 0.694. The van der Waals surface area contributed by atoms with Crippen molar-refractivity contribution in [3.63, 3.8) is 0 Å². The molecule has 1 aromatic carbocycles. The highest BCUT2D eigenvalue weighted by atomic mass is 79.9. The number of rotatable bonds is 3. The highest BCUT2D eigenvalue weighted by molar-refractivity contribution is 9.10. The van der Waals surface area contributed by atoms with Gasteiger partial charge in [0.15, 0.2) is 5.82 Å². The smallest absolute Gasteiger partial charge is 0.225 e. The Labute approximate surface area is 128 Å². The maximum absolute atomic E-state index is 6.14. The van der Waals surface area contributed by atoms with E-state index in [1.54, 1.807) is 11.3 Å². The number of halogens is 2. The highest BCUT2D eigenvalue weighted by Gasteiger charge is 2.14. The van der Waals surface area contributed by atoms with E-state index in [-0.39, 0.29) is 0 Å². The van der Waals surface area contributed by atoms with Gasteiger partial charge in [0.2, 0.25) is 5.28 Å². The number of aromatic nitrogens is 3. The first kappa shape index (κ1) is 12.8. The van der Waals surface area contributed by atoms with Crippen LogP contribution in [-0.2, 0) is 6.54 Å². The van der Waals surface area contributed by atoms with Crippen LogP contribution in [0.5, 0.6) is 0 Å². The molecule has 0 N–H and O–H groups in total. The fourth-order valence-electron chi connectivity index (χ4n) is 1.81. The van der Waals surface area contributed by atoms with Crippen molar-refractivity contribution in [3.05, 3.63) is 56.4 Å². The summed E-state index contributed by atoms with van der Waals surface area (Å²) in [6.07, 6.45) is 0.